The van der Waals surface area contributed by atoms with Gasteiger partial charge >= 0.3 is 5.97 Å². The van der Waals surface area contributed by atoms with E-state index in [2.05, 4.69) is 5.32 Å². The highest BCUT2D eigenvalue weighted by molar-refractivity contribution is 5.98. The highest BCUT2D eigenvalue weighted by atomic mass is 16.5. The van der Waals surface area contributed by atoms with Crippen molar-refractivity contribution in [2.45, 2.75) is 19.4 Å². The van der Waals surface area contributed by atoms with Crippen LogP contribution in [0, 0.1) is 5.92 Å². The van der Waals surface area contributed by atoms with Crippen LogP contribution in [0.1, 0.15) is 35.3 Å². The summed E-state index contributed by atoms with van der Waals surface area (Å²) in [6.07, 6.45) is 0.0578. The number of anilines is 1. The van der Waals surface area contributed by atoms with Crippen molar-refractivity contribution >= 4 is 17.4 Å². The molecule has 2 unspecified atom stereocenters. The van der Waals surface area contributed by atoms with Crippen molar-refractivity contribution in [2.24, 2.45) is 5.92 Å². The average Bonchev–Trinajstić information content (AvgIpc) is 2.78. The number of ketones is 1. The Morgan fingerprint density at radius 2 is 1.38 bits per heavy atom. The summed E-state index contributed by atoms with van der Waals surface area (Å²) in [5, 5.41) is 3.44. The summed E-state index contributed by atoms with van der Waals surface area (Å²) in [6, 6.07) is 28.0. The van der Waals surface area contributed by atoms with Gasteiger partial charge in [0.05, 0.1) is 18.6 Å². The third kappa shape index (κ3) is 5.55. The van der Waals surface area contributed by atoms with E-state index in [1.54, 1.807) is 19.1 Å². The normalized spacial score (nSPS) is 12.6. The molecule has 0 aliphatic carbocycles. The van der Waals surface area contributed by atoms with Crippen molar-refractivity contribution in [1.82, 2.24) is 0 Å². The first-order chi connectivity index (χ1) is 14.2. The average molecular weight is 387 g/mol. The van der Waals surface area contributed by atoms with E-state index in [9.17, 15) is 9.59 Å². The molecule has 3 rings (SSSR count). The maximum absolute atomic E-state index is 12.9. The number of nitrogens with one attached hydrogen (secondary N) is 1. The SMILES string of the molecule is CCOC(=O)C(CC(=O)c1ccccc1)C(Nc1ccccc1)c1ccccc1. The van der Waals surface area contributed by atoms with E-state index in [0.29, 0.717) is 5.56 Å². The smallest absolute Gasteiger partial charge is 0.311 e. The molecule has 0 spiro atoms. The molecule has 0 saturated heterocycles. The standard InChI is InChI=1S/C25H25NO3/c1-2-29-25(28)22(18-23(27)19-12-6-3-7-13-19)24(20-14-8-4-9-15-20)26-21-16-10-5-11-17-21/h3-17,22,24,26H,2,18H2,1H3. The number of ether oxygens (including phenoxy) is 1. The summed E-state index contributed by atoms with van der Waals surface area (Å²) in [7, 11) is 0. The fourth-order valence-corrected chi connectivity index (χ4v) is 3.32. The second kappa shape index (κ2) is 10.2. The Bertz CT molecular complexity index is 911. The van der Waals surface area contributed by atoms with Crippen LogP contribution in [-0.4, -0.2) is 18.4 Å². The zero-order valence-corrected chi connectivity index (χ0v) is 16.5. The number of esters is 1. The molecule has 0 fully saturated rings. The van der Waals surface area contributed by atoms with Crippen molar-refractivity contribution in [3.63, 3.8) is 0 Å². The van der Waals surface area contributed by atoms with Crippen LogP contribution in [-0.2, 0) is 9.53 Å². The molecule has 3 aromatic rings. The number of rotatable bonds is 9. The lowest BCUT2D eigenvalue weighted by Gasteiger charge is -2.28. The summed E-state index contributed by atoms with van der Waals surface area (Å²) in [5.41, 5.74) is 2.39. The molecule has 4 nitrogen and oxygen atoms in total. The van der Waals surface area contributed by atoms with Crippen LogP contribution in [0.15, 0.2) is 91.0 Å². The Balaban J connectivity index is 1.95. The number of carbonyl (C=O) groups excluding carboxylic acids is 2. The van der Waals surface area contributed by atoms with Gasteiger partial charge < -0.3 is 10.1 Å². The van der Waals surface area contributed by atoms with Gasteiger partial charge in [0.1, 0.15) is 0 Å². The lowest BCUT2D eigenvalue weighted by atomic mass is 9.87. The van der Waals surface area contributed by atoms with Crippen LogP contribution in [0.25, 0.3) is 0 Å². The molecular weight excluding hydrogens is 362 g/mol. The Labute approximate surface area is 171 Å². The second-order valence-corrected chi connectivity index (χ2v) is 6.75. The number of hydrogen-bond donors (Lipinski definition) is 1. The van der Waals surface area contributed by atoms with Crippen LogP contribution < -0.4 is 5.32 Å². The first-order valence-electron chi connectivity index (χ1n) is 9.80. The molecular formula is C25H25NO3. The van der Waals surface area contributed by atoms with Gasteiger partial charge in [0.25, 0.3) is 0 Å². The quantitative estimate of drug-likeness (QED) is 0.400. The molecule has 4 heteroatoms. The Morgan fingerprint density at radius 3 is 1.97 bits per heavy atom. The van der Waals surface area contributed by atoms with Gasteiger partial charge in [-0.15, -0.1) is 0 Å². The Morgan fingerprint density at radius 1 is 0.828 bits per heavy atom. The van der Waals surface area contributed by atoms with E-state index >= 15 is 0 Å². The van der Waals surface area contributed by atoms with Gasteiger partial charge in [0.15, 0.2) is 5.78 Å². The zero-order chi connectivity index (χ0) is 20.5. The van der Waals surface area contributed by atoms with E-state index in [1.165, 1.54) is 0 Å². The fourth-order valence-electron chi connectivity index (χ4n) is 3.32. The molecule has 2 atom stereocenters. The van der Waals surface area contributed by atoms with Crippen LogP contribution >= 0.6 is 0 Å². The molecule has 0 aromatic heterocycles. The topological polar surface area (TPSA) is 55.4 Å². The van der Waals surface area contributed by atoms with Crippen LogP contribution in [0.5, 0.6) is 0 Å². The predicted octanol–water partition coefficient (Wildman–Crippen LogP) is 5.29. The Hall–Kier alpha value is -3.40. The maximum Gasteiger partial charge on any atom is 0.311 e. The van der Waals surface area contributed by atoms with E-state index in [1.807, 2.05) is 78.9 Å². The van der Waals surface area contributed by atoms with Gasteiger partial charge in [-0.25, -0.2) is 0 Å². The third-order valence-corrected chi connectivity index (χ3v) is 4.75. The van der Waals surface area contributed by atoms with Crippen molar-refractivity contribution in [2.75, 3.05) is 11.9 Å². The first kappa shape index (κ1) is 20.3. The summed E-state index contributed by atoms with van der Waals surface area (Å²) in [4.78, 5) is 25.8. The Kier molecular flexibility index (Phi) is 7.17. The predicted molar refractivity (Wildman–Crippen MR) is 115 cm³/mol. The number of Topliss-reactive ketones (excluding diaryl/α,β-unsaturated/α-hetero) is 1. The molecule has 0 saturated carbocycles. The number of para-hydroxylation sites is 1. The van der Waals surface area contributed by atoms with E-state index < -0.39 is 12.0 Å². The summed E-state index contributed by atoms with van der Waals surface area (Å²) in [6.45, 7) is 2.04. The van der Waals surface area contributed by atoms with Gasteiger partial charge in [-0.1, -0.05) is 78.9 Å². The van der Waals surface area contributed by atoms with Gasteiger partial charge in [-0.3, -0.25) is 9.59 Å². The molecule has 0 aliphatic rings. The van der Waals surface area contributed by atoms with E-state index in [4.69, 9.17) is 4.74 Å². The minimum absolute atomic E-state index is 0.0578. The van der Waals surface area contributed by atoms with E-state index in [0.717, 1.165) is 11.3 Å². The van der Waals surface area contributed by atoms with Crippen molar-refractivity contribution in [3.8, 4) is 0 Å². The highest BCUT2D eigenvalue weighted by Crippen LogP contribution is 2.31. The monoisotopic (exact) mass is 387 g/mol. The summed E-state index contributed by atoms with van der Waals surface area (Å²) < 4.78 is 5.35. The number of benzene rings is 3. The minimum Gasteiger partial charge on any atom is -0.466 e. The molecule has 29 heavy (non-hydrogen) atoms. The zero-order valence-electron chi connectivity index (χ0n) is 16.5. The second-order valence-electron chi connectivity index (χ2n) is 6.75. The van der Waals surface area contributed by atoms with Crippen LogP contribution in [0.3, 0.4) is 0 Å². The molecule has 3 aromatic carbocycles. The third-order valence-electron chi connectivity index (χ3n) is 4.75. The number of carbonyl (C=O) groups is 2. The van der Waals surface area contributed by atoms with Crippen LogP contribution in [0.2, 0.25) is 0 Å². The molecule has 0 heterocycles. The van der Waals surface area contributed by atoms with Gasteiger partial charge in [0, 0.05) is 17.7 Å². The molecule has 1 N–H and O–H groups in total. The van der Waals surface area contributed by atoms with Crippen molar-refractivity contribution < 1.29 is 14.3 Å². The van der Waals surface area contributed by atoms with Crippen LogP contribution in [0.4, 0.5) is 5.69 Å². The fraction of sp³-hybridized carbons (Fsp3) is 0.200. The lowest BCUT2D eigenvalue weighted by molar-refractivity contribution is -0.148. The lowest BCUT2D eigenvalue weighted by Crippen LogP contribution is -2.31. The molecule has 0 bridgehead atoms. The molecule has 148 valence electrons. The first-order valence-corrected chi connectivity index (χ1v) is 9.80. The summed E-state index contributed by atoms with van der Waals surface area (Å²) >= 11 is 0. The van der Waals surface area contributed by atoms with Gasteiger partial charge in [-0.2, -0.15) is 0 Å². The number of hydrogen-bond acceptors (Lipinski definition) is 4. The molecule has 0 amide bonds. The van der Waals surface area contributed by atoms with Crippen molar-refractivity contribution in [3.05, 3.63) is 102 Å². The molecule has 0 aliphatic heterocycles. The largest absolute Gasteiger partial charge is 0.466 e. The maximum atomic E-state index is 12.9. The van der Waals surface area contributed by atoms with E-state index in [-0.39, 0.29) is 24.8 Å². The summed E-state index contributed by atoms with van der Waals surface area (Å²) in [5.74, 6) is -1.13. The van der Waals surface area contributed by atoms with Gasteiger partial charge in [0.2, 0.25) is 0 Å². The highest BCUT2D eigenvalue weighted by Gasteiger charge is 2.33. The van der Waals surface area contributed by atoms with Gasteiger partial charge in [-0.05, 0) is 24.6 Å². The minimum atomic E-state index is -0.662. The molecule has 0 radical (unpaired) electrons. The van der Waals surface area contributed by atoms with Crippen molar-refractivity contribution in [1.29, 1.82) is 0 Å².